The zero-order valence-electron chi connectivity index (χ0n) is 15.1. The summed E-state index contributed by atoms with van der Waals surface area (Å²) in [6.07, 6.45) is 0. The molecule has 1 saturated heterocycles. The standard InChI is InChI=1S/C19H22ClN3O3S/c1-15-7-8-16(20)13-18(15)21-14-19(24)22-9-11-23(12-10-22)27(25,26)17-5-3-2-4-6-17/h2-8,13,21H,9-12,14H2,1H3. The van der Waals surface area contributed by atoms with E-state index in [2.05, 4.69) is 5.32 Å². The SMILES string of the molecule is Cc1ccc(Cl)cc1NCC(=O)N1CCN(S(=O)(=O)c2ccccc2)CC1. The molecule has 0 aliphatic carbocycles. The van der Waals surface area contributed by atoms with Gasteiger partial charge >= 0.3 is 0 Å². The van der Waals surface area contributed by atoms with E-state index in [1.54, 1.807) is 47.4 Å². The maximum Gasteiger partial charge on any atom is 0.243 e. The lowest BCUT2D eigenvalue weighted by Crippen LogP contribution is -2.51. The minimum absolute atomic E-state index is 0.0638. The summed E-state index contributed by atoms with van der Waals surface area (Å²) in [5.74, 6) is -0.0638. The molecule has 0 saturated carbocycles. The maximum absolute atomic E-state index is 12.6. The van der Waals surface area contributed by atoms with Crippen molar-refractivity contribution < 1.29 is 13.2 Å². The summed E-state index contributed by atoms with van der Waals surface area (Å²) >= 11 is 5.99. The van der Waals surface area contributed by atoms with Gasteiger partial charge in [-0.15, -0.1) is 0 Å². The molecule has 3 rings (SSSR count). The molecule has 0 aromatic heterocycles. The van der Waals surface area contributed by atoms with E-state index in [1.807, 2.05) is 13.0 Å². The number of aryl methyl sites for hydroxylation is 1. The van der Waals surface area contributed by atoms with Crippen molar-refractivity contribution in [3.05, 3.63) is 59.1 Å². The highest BCUT2D eigenvalue weighted by molar-refractivity contribution is 7.89. The van der Waals surface area contributed by atoms with Crippen LogP contribution < -0.4 is 5.32 Å². The summed E-state index contributed by atoms with van der Waals surface area (Å²) in [7, 11) is -3.51. The Hall–Kier alpha value is -2.09. The van der Waals surface area contributed by atoms with Gasteiger partial charge in [0.1, 0.15) is 0 Å². The smallest absolute Gasteiger partial charge is 0.243 e. The van der Waals surface area contributed by atoms with Crippen LogP contribution in [0.25, 0.3) is 0 Å². The van der Waals surface area contributed by atoms with Gasteiger partial charge in [-0.1, -0.05) is 35.9 Å². The van der Waals surface area contributed by atoms with E-state index in [9.17, 15) is 13.2 Å². The number of amides is 1. The third-order valence-corrected chi connectivity index (χ3v) is 6.75. The third-order valence-electron chi connectivity index (χ3n) is 4.60. The van der Waals surface area contributed by atoms with E-state index in [1.165, 1.54) is 4.31 Å². The van der Waals surface area contributed by atoms with Crippen LogP contribution in [0.1, 0.15) is 5.56 Å². The Morgan fingerprint density at radius 3 is 2.41 bits per heavy atom. The van der Waals surface area contributed by atoms with Crippen molar-refractivity contribution in [3.8, 4) is 0 Å². The van der Waals surface area contributed by atoms with Gasteiger partial charge in [0.25, 0.3) is 0 Å². The minimum Gasteiger partial charge on any atom is -0.376 e. The molecule has 1 aliphatic rings. The Morgan fingerprint density at radius 1 is 1.07 bits per heavy atom. The van der Waals surface area contributed by atoms with Crippen LogP contribution in [0.4, 0.5) is 5.69 Å². The Balaban J connectivity index is 1.56. The summed E-state index contributed by atoms with van der Waals surface area (Å²) in [5.41, 5.74) is 1.83. The Morgan fingerprint density at radius 2 is 1.74 bits per heavy atom. The van der Waals surface area contributed by atoms with E-state index in [0.717, 1.165) is 11.3 Å². The lowest BCUT2D eigenvalue weighted by Gasteiger charge is -2.34. The Kier molecular flexibility index (Phi) is 6.04. The number of piperazine rings is 1. The fourth-order valence-corrected chi connectivity index (χ4v) is 4.60. The lowest BCUT2D eigenvalue weighted by atomic mass is 10.2. The van der Waals surface area contributed by atoms with Crippen molar-refractivity contribution in [3.63, 3.8) is 0 Å². The van der Waals surface area contributed by atoms with Crippen LogP contribution in [-0.4, -0.2) is 56.3 Å². The van der Waals surface area contributed by atoms with Crippen LogP contribution in [0.3, 0.4) is 0 Å². The topological polar surface area (TPSA) is 69.7 Å². The average Bonchev–Trinajstić information content (AvgIpc) is 2.69. The van der Waals surface area contributed by atoms with Crippen molar-refractivity contribution in [2.75, 3.05) is 38.0 Å². The second-order valence-electron chi connectivity index (χ2n) is 6.41. The van der Waals surface area contributed by atoms with E-state index in [4.69, 9.17) is 11.6 Å². The van der Waals surface area contributed by atoms with Gasteiger partial charge in [-0.05, 0) is 36.8 Å². The molecule has 0 atom stereocenters. The summed E-state index contributed by atoms with van der Waals surface area (Å²) in [6, 6.07) is 13.8. The molecule has 1 aliphatic heterocycles. The number of rotatable bonds is 5. The van der Waals surface area contributed by atoms with Crippen molar-refractivity contribution in [1.29, 1.82) is 0 Å². The highest BCUT2D eigenvalue weighted by atomic mass is 35.5. The predicted octanol–water partition coefficient (Wildman–Crippen LogP) is 2.59. The van der Waals surface area contributed by atoms with Gasteiger partial charge in [0.2, 0.25) is 15.9 Å². The summed E-state index contributed by atoms with van der Waals surface area (Å²) in [5, 5.41) is 3.72. The van der Waals surface area contributed by atoms with Crippen molar-refractivity contribution in [1.82, 2.24) is 9.21 Å². The molecule has 27 heavy (non-hydrogen) atoms. The number of carbonyl (C=O) groups is 1. The number of hydrogen-bond acceptors (Lipinski definition) is 4. The van der Waals surface area contributed by atoms with Gasteiger partial charge in [0.05, 0.1) is 11.4 Å². The molecule has 1 heterocycles. The summed E-state index contributed by atoms with van der Waals surface area (Å²) < 4.78 is 26.7. The molecule has 2 aromatic rings. The number of halogens is 1. The van der Waals surface area contributed by atoms with Crippen LogP contribution in [0.5, 0.6) is 0 Å². The van der Waals surface area contributed by atoms with Crippen molar-refractivity contribution >= 4 is 33.2 Å². The van der Waals surface area contributed by atoms with E-state index in [-0.39, 0.29) is 17.3 Å². The van der Waals surface area contributed by atoms with Gasteiger partial charge < -0.3 is 10.2 Å². The van der Waals surface area contributed by atoms with Crippen molar-refractivity contribution in [2.45, 2.75) is 11.8 Å². The van der Waals surface area contributed by atoms with Crippen molar-refractivity contribution in [2.24, 2.45) is 0 Å². The quantitative estimate of drug-likeness (QED) is 0.827. The van der Waals surface area contributed by atoms with Gasteiger partial charge in [-0.25, -0.2) is 8.42 Å². The molecule has 0 unspecified atom stereocenters. The number of hydrogen-bond donors (Lipinski definition) is 1. The van der Waals surface area contributed by atoms with E-state index >= 15 is 0 Å². The van der Waals surface area contributed by atoms with Gasteiger partial charge in [-0.3, -0.25) is 4.79 Å². The normalized spacial score (nSPS) is 15.6. The Labute approximate surface area is 164 Å². The predicted molar refractivity (Wildman–Crippen MR) is 106 cm³/mol. The highest BCUT2D eigenvalue weighted by Crippen LogP contribution is 2.20. The molecule has 0 spiro atoms. The molecule has 0 bridgehead atoms. The molecule has 8 heteroatoms. The van der Waals surface area contributed by atoms with Gasteiger partial charge in [-0.2, -0.15) is 4.31 Å². The number of nitrogens with zero attached hydrogens (tertiary/aromatic N) is 2. The Bertz CT molecular complexity index is 911. The van der Waals surface area contributed by atoms with Crippen LogP contribution in [-0.2, 0) is 14.8 Å². The maximum atomic E-state index is 12.6. The molecule has 6 nitrogen and oxygen atoms in total. The molecule has 0 radical (unpaired) electrons. The summed E-state index contributed by atoms with van der Waals surface area (Å²) in [6.45, 7) is 3.42. The highest BCUT2D eigenvalue weighted by Gasteiger charge is 2.29. The third kappa shape index (κ3) is 4.61. The monoisotopic (exact) mass is 407 g/mol. The second kappa shape index (κ2) is 8.29. The minimum atomic E-state index is -3.51. The zero-order valence-corrected chi connectivity index (χ0v) is 16.6. The van der Waals surface area contributed by atoms with Crippen LogP contribution in [0.2, 0.25) is 5.02 Å². The van der Waals surface area contributed by atoms with Crippen LogP contribution in [0.15, 0.2) is 53.4 Å². The van der Waals surface area contributed by atoms with E-state index < -0.39 is 10.0 Å². The van der Waals surface area contributed by atoms with Crippen LogP contribution in [0, 0.1) is 6.92 Å². The number of sulfonamides is 1. The zero-order chi connectivity index (χ0) is 19.4. The van der Waals surface area contributed by atoms with Crippen LogP contribution >= 0.6 is 11.6 Å². The van der Waals surface area contributed by atoms with Gasteiger partial charge in [0, 0.05) is 36.9 Å². The fraction of sp³-hybridized carbons (Fsp3) is 0.316. The fourth-order valence-electron chi connectivity index (χ4n) is 2.99. The van der Waals surface area contributed by atoms with Gasteiger partial charge in [0.15, 0.2) is 0 Å². The first-order chi connectivity index (χ1) is 12.9. The molecule has 144 valence electrons. The number of nitrogens with one attached hydrogen (secondary N) is 1. The molecule has 2 aromatic carbocycles. The molecule has 1 amide bonds. The first-order valence-electron chi connectivity index (χ1n) is 8.71. The number of anilines is 1. The molecule has 1 N–H and O–H groups in total. The first kappa shape index (κ1) is 19.7. The first-order valence-corrected chi connectivity index (χ1v) is 10.5. The average molecular weight is 408 g/mol. The molecular formula is C19H22ClN3O3S. The largest absolute Gasteiger partial charge is 0.376 e. The molecule has 1 fully saturated rings. The summed E-state index contributed by atoms with van der Waals surface area (Å²) in [4.78, 5) is 14.4. The van der Waals surface area contributed by atoms with E-state index in [0.29, 0.717) is 31.2 Å². The number of carbonyl (C=O) groups excluding carboxylic acids is 1. The molecular weight excluding hydrogens is 386 g/mol. The lowest BCUT2D eigenvalue weighted by molar-refractivity contribution is -0.130. The second-order valence-corrected chi connectivity index (χ2v) is 8.79. The number of benzene rings is 2.